The van der Waals surface area contributed by atoms with E-state index in [0.29, 0.717) is 31.5 Å². The lowest BCUT2D eigenvalue weighted by Crippen LogP contribution is -2.47. The Kier molecular flexibility index (Phi) is 7.10. The minimum atomic E-state index is -4.46. The molecule has 1 aliphatic rings. The lowest BCUT2D eigenvalue weighted by molar-refractivity contribution is -0.141. The van der Waals surface area contributed by atoms with Crippen LogP contribution in [0.2, 0.25) is 0 Å². The molecule has 2 amide bonds. The van der Waals surface area contributed by atoms with Crippen LogP contribution in [0.3, 0.4) is 0 Å². The molecule has 0 bridgehead atoms. The van der Waals surface area contributed by atoms with Gasteiger partial charge in [-0.2, -0.15) is 13.2 Å². The predicted octanol–water partition coefficient (Wildman–Crippen LogP) is 3.36. The number of anilines is 1. The molecule has 8 heteroatoms. The Balaban J connectivity index is 1.59. The normalized spacial score (nSPS) is 17.0. The Morgan fingerprint density at radius 2 is 1.73 bits per heavy atom. The van der Waals surface area contributed by atoms with Crippen molar-refractivity contribution in [3.8, 4) is 0 Å². The summed E-state index contributed by atoms with van der Waals surface area (Å²) in [6, 6.07) is 16.6. The van der Waals surface area contributed by atoms with Gasteiger partial charge in [0.25, 0.3) is 0 Å². The van der Waals surface area contributed by atoms with E-state index in [1.807, 2.05) is 59.9 Å². The van der Waals surface area contributed by atoms with Gasteiger partial charge < -0.3 is 10.6 Å². The average molecular weight is 419 g/mol. The number of likely N-dealkylation sites (tertiary alicyclic amines) is 1. The van der Waals surface area contributed by atoms with Crippen molar-refractivity contribution >= 4 is 17.5 Å². The van der Waals surface area contributed by atoms with Crippen molar-refractivity contribution in [2.24, 2.45) is 0 Å². The first-order chi connectivity index (χ1) is 14.3. The summed E-state index contributed by atoms with van der Waals surface area (Å²) in [5, 5.41) is 4.80. The highest BCUT2D eigenvalue weighted by Crippen LogP contribution is 2.21. The summed E-state index contributed by atoms with van der Waals surface area (Å²) in [6.07, 6.45) is -2.72. The molecule has 1 atom stereocenters. The van der Waals surface area contributed by atoms with Crippen molar-refractivity contribution in [3.05, 3.63) is 65.7 Å². The highest BCUT2D eigenvalue weighted by atomic mass is 19.4. The number of halogens is 3. The number of amides is 2. The highest BCUT2D eigenvalue weighted by Gasteiger charge is 2.34. The van der Waals surface area contributed by atoms with Gasteiger partial charge in [0.2, 0.25) is 11.8 Å². The molecule has 0 aliphatic carbocycles. The molecule has 2 aromatic carbocycles. The van der Waals surface area contributed by atoms with E-state index in [-0.39, 0.29) is 12.5 Å². The first kappa shape index (κ1) is 21.8. The van der Waals surface area contributed by atoms with Crippen LogP contribution in [-0.4, -0.2) is 48.6 Å². The maximum atomic E-state index is 12.6. The predicted molar refractivity (Wildman–Crippen MR) is 108 cm³/mol. The van der Waals surface area contributed by atoms with Gasteiger partial charge in [-0.05, 0) is 43.0 Å². The maximum Gasteiger partial charge on any atom is 0.405 e. The number of rotatable bonds is 7. The molecule has 0 spiro atoms. The van der Waals surface area contributed by atoms with Crippen molar-refractivity contribution in [2.75, 3.05) is 25.0 Å². The van der Waals surface area contributed by atoms with Crippen LogP contribution in [0.25, 0.3) is 0 Å². The fourth-order valence-corrected chi connectivity index (χ4v) is 3.60. The molecular weight excluding hydrogens is 395 g/mol. The minimum absolute atomic E-state index is 0.0518. The van der Waals surface area contributed by atoms with Gasteiger partial charge in [-0.15, -0.1) is 0 Å². The molecule has 0 aromatic heterocycles. The van der Waals surface area contributed by atoms with Gasteiger partial charge in [-0.3, -0.25) is 14.5 Å². The van der Waals surface area contributed by atoms with Crippen molar-refractivity contribution < 1.29 is 22.8 Å². The van der Waals surface area contributed by atoms with Gasteiger partial charge in [0, 0.05) is 5.69 Å². The quantitative estimate of drug-likeness (QED) is 0.724. The number of benzene rings is 2. The first-order valence-corrected chi connectivity index (χ1v) is 9.82. The Bertz CT molecular complexity index is 871. The monoisotopic (exact) mass is 419 g/mol. The second-order valence-corrected chi connectivity index (χ2v) is 7.33. The third kappa shape index (κ3) is 6.32. The van der Waals surface area contributed by atoms with Crippen molar-refractivity contribution in [3.63, 3.8) is 0 Å². The molecule has 2 aromatic rings. The molecule has 3 rings (SSSR count). The van der Waals surface area contributed by atoms with E-state index >= 15 is 0 Å². The molecule has 0 saturated carbocycles. The Morgan fingerprint density at radius 3 is 2.47 bits per heavy atom. The summed E-state index contributed by atoms with van der Waals surface area (Å²) < 4.78 is 37.1. The van der Waals surface area contributed by atoms with Crippen LogP contribution < -0.4 is 10.6 Å². The van der Waals surface area contributed by atoms with E-state index in [2.05, 4.69) is 5.32 Å². The summed E-state index contributed by atoms with van der Waals surface area (Å²) >= 11 is 0. The molecular formula is C22H24F3N3O2. The van der Waals surface area contributed by atoms with Crippen molar-refractivity contribution in [1.29, 1.82) is 0 Å². The largest absolute Gasteiger partial charge is 0.405 e. The zero-order valence-electron chi connectivity index (χ0n) is 16.4. The topological polar surface area (TPSA) is 61.4 Å². The molecule has 5 nitrogen and oxygen atoms in total. The average Bonchev–Trinajstić information content (AvgIpc) is 3.16. The number of hydrogen-bond acceptors (Lipinski definition) is 3. The van der Waals surface area contributed by atoms with E-state index in [1.54, 1.807) is 4.90 Å². The molecule has 160 valence electrons. The van der Waals surface area contributed by atoms with Gasteiger partial charge in [0.05, 0.1) is 12.6 Å². The molecule has 1 aliphatic heterocycles. The van der Waals surface area contributed by atoms with Crippen LogP contribution in [0.15, 0.2) is 54.6 Å². The number of hydrogen-bond donors (Lipinski definition) is 2. The summed E-state index contributed by atoms with van der Waals surface area (Å²) in [6.45, 7) is -0.928. The molecule has 1 heterocycles. The van der Waals surface area contributed by atoms with Gasteiger partial charge >= 0.3 is 6.18 Å². The van der Waals surface area contributed by atoms with Crippen LogP contribution in [0.1, 0.15) is 24.0 Å². The van der Waals surface area contributed by atoms with E-state index in [1.165, 1.54) is 0 Å². The zero-order valence-corrected chi connectivity index (χ0v) is 16.4. The Labute approximate surface area is 173 Å². The second-order valence-electron chi connectivity index (χ2n) is 7.33. The fraction of sp³-hybridized carbons (Fsp3) is 0.364. The van der Waals surface area contributed by atoms with Crippen LogP contribution in [0, 0.1) is 0 Å². The van der Waals surface area contributed by atoms with E-state index < -0.39 is 24.7 Å². The van der Waals surface area contributed by atoms with Crippen molar-refractivity contribution in [1.82, 2.24) is 10.2 Å². The van der Waals surface area contributed by atoms with E-state index in [0.717, 1.165) is 11.1 Å². The standard InChI is InChI=1S/C22H24F3N3O2/c23-22(24,25)15-26-21(30)19-11-6-12-28(19)14-20(29)27-18-10-5-4-9-17(18)13-16-7-2-1-3-8-16/h1-5,7-10,19H,6,11-15H2,(H,26,30)(H,27,29). The molecule has 2 N–H and O–H groups in total. The Morgan fingerprint density at radius 1 is 1.03 bits per heavy atom. The van der Waals surface area contributed by atoms with Gasteiger partial charge in [-0.1, -0.05) is 48.5 Å². The summed E-state index contributed by atoms with van der Waals surface area (Å²) in [4.78, 5) is 26.3. The van der Waals surface area contributed by atoms with Crippen LogP contribution in [0.5, 0.6) is 0 Å². The lowest BCUT2D eigenvalue weighted by Gasteiger charge is -2.23. The van der Waals surface area contributed by atoms with Gasteiger partial charge in [-0.25, -0.2) is 0 Å². The van der Waals surface area contributed by atoms with Crippen LogP contribution in [-0.2, 0) is 16.0 Å². The number of carbonyl (C=O) groups is 2. The van der Waals surface area contributed by atoms with Crippen LogP contribution >= 0.6 is 0 Å². The van der Waals surface area contributed by atoms with E-state index in [9.17, 15) is 22.8 Å². The Hall–Kier alpha value is -2.87. The van der Waals surface area contributed by atoms with Crippen molar-refractivity contribution in [2.45, 2.75) is 31.5 Å². The molecule has 1 unspecified atom stereocenters. The molecule has 1 saturated heterocycles. The third-order valence-electron chi connectivity index (χ3n) is 5.00. The maximum absolute atomic E-state index is 12.6. The summed E-state index contributed by atoms with van der Waals surface area (Å²) in [5.41, 5.74) is 2.75. The van der Waals surface area contributed by atoms with E-state index in [4.69, 9.17) is 0 Å². The zero-order chi connectivity index (χ0) is 21.6. The van der Waals surface area contributed by atoms with Gasteiger partial charge in [0.15, 0.2) is 0 Å². The molecule has 0 radical (unpaired) electrons. The SMILES string of the molecule is O=C(CN1CCCC1C(=O)NCC(F)(F)F)Nc1ccccc1Cc1ccccc1. The molecule has 1 fully saturated rings. The number of nitrogens with zero attached hydrogens (tertiary/aromatic N) is 1. The van der Waals surface area contributed by atoms with Gasteiger partial charge in [0.1, 0.15) is 6.54 Å². The third-order valence-corrected chi connectivity index (χ3v) is 5.00. The highest BCUT2D eigenvalue weighted by molar-refractivity contribution is 5.93. The fourth-order valence-electron chi connectivity index (χ4n) is 3.60. The first-order valence-electron chi connectivity index (χ1n) is 9.82. The second kappa shape index (κ2) is 9.75. The van der Waals surface area contributed by atoms with Crippen LogP contribution in [0.4, 0.5) is 18.9 Å². The summed E-state index contributed by atoms with van der Waals surface area (Å²) in [5.74, 6) is -0.992. The summed E-state index contributed by atoms with van der Waals surface area (Å²) in [7, 11) is 0. The number of nitrogens with one attached hydrogen (secondary N) is 2. The number of alkyl halides is 3. The minimum Gasteiger partial charge on any atom is -0.346 e. The lowest BCUT2D eigenvalue weighted by atomic mass is 10.0. The molecule has 30 heavy (non-hydrogen) atoms. The number of carbonyl (C=O) groups excluding carboxylic acids is 2. The smallest absolute Gasteiger partial charge is 0.346 e. The number of para-hydroxylation sites is 1.